The molecule has 1 aromatic carbocycles. The van der Waals surface area contributed by atoms with Gasteiger partial charge in [0.1, 0.15) is 23.1 Å². The second-order valence-electron chi connectivity index (χ2n) is 8.56. The highest BCUT2D eigenvalue weighted by Crippen LogP contribution is 2.31. The molecule has 1 aliphatic rings. The van der Waals surface area contributed by atoms with Crippen LogP contribution in [0.25, 0.3) is 11.4 Å². The third kappa shape index (κ3) is 6.30. The molecule has 2 aromatic heterocycles. The van der Waals surface area contributed by atoms with Crippen molar-refractivity contribution in [3.05, 3.63) is 71.2 Å². The third-order valence-corrected chi connectivity index (χ3v) is 5.81. The van der Waals surface area contributed by atoms with Gasteiger partial charge in [-0.05, 0) is 45.1 Å². The van der Waals surface area contributed by atoms with E-state index >= 15 is 0 Å². The van der Waals surface area contributed by atoms with Gasteiger partial charge in [-0.25, -0.2) is 18.7 Å². The minimum Gasteiger partial charge on any atom is -0.366 e. The van der Waals surface area contributed by atoms with E-state index in [0.29, 0.717) is 6.20 Å². The number of aromatic nitrogens is 3. The van der Waals surface area contributed by atoms with E-state index in [4.69, 9.17) is 0 Å². The molecule has 0 spiro atoms. The molecule has 1 saturated heterocycles. The van der Waals surface area contributed by atoms with Crippen molar-refractivity contribution in [2.24, 2.45) is 0 Å². The number of alkyl halides is 3. The molecule has 0 unspecified atom stereocenters. The summed E-state index contributed by atoms with van der Waals surface area (Å²) < 4.78 is 66.9. The summed E-state index contributed by atoms with van der Waals surface area (Å²) in [4.78, 5) is 27.2. The zero-order valence-electron chi connectivity index (χ0n) is 19.2. The molecule has 1 aliphatic heterocycles. The number of nitrogens with one attached hydrogen (secondary N) is 2. The summed E-state index contributed by atoms with van der Waals surface area (Å²) in [5.74, 6) is -2.10. The maximum absolute atomic E-state index is 14.1. The van der Waals surface area contributed by atoms with Gasteiger partial charge in [0.05, 0.1) is 5.56 Å². The molecule has 0 atom stereocenters. The zero-order chi connectivity index (χ0) is 25.9. The number of hydrogen-bond donors (Lipinski definition) is 2. The number of halogens is 5. The molecule has 3 aromatic rings. The highest BCUT2D eigenvalue weighted by Gasteiger charge is 2.31. The summed E-state index contributed by atoms with van der Waals surface area (Å²) in [6.07, 6.45) is -1.31. The molecule has 1 fully saturated rings. The largest absolute Gasteiger partial charge is 0.417 e. The van der Waals surface area contributed by atoms with Crippen molar-refractivity contribution in [1.82, 2.24) is 25.2 Å². The topological polar surface area (TPSA) is 83.0 Å². The number of anilines is 1. The predicted molar refractivity (Wildman–Crippen MR) is 122 cm³/mol. The van der Waals surface area contributed by atoms with Gasteiger partial charge in [-0.2, -0.15) is 13.2 Å². The highest BCUT2D eigenvalue weighted by molar-refractivity contribution is 5.93. The number of amides is 1. The maximum atomic E-state index is 14.1. The van der Waals surface area contributed by atoms with Crippen LogP contribution in [-0.4, -0.2) is 51.9 Å². The van der Waals surface area contributed by atoms with E-state index in [1.807, 2.05) is 7.05 Å². The Kier molecular flexibility index (Phi) is 7.43. The van der Waals surface area contributed by atoms with Crippen LogP contribution in [0.4, 0.5) is 27.8 Å². The number of rotatable bonds is 6. The van der Waals surface area contributed by atoms with Crippen LogP contribution < -0.4 is 10.6 Å². The van der Waals surface area contributed by atoms with Crippen molar-refractivity contribution in [2.45, 2.75) is 31.6 Å². The lowest BCUT2D eigenvalue weighted by molar-refractivity contribution is -0.137. The van der Waals surface area contributed by atoms with Crippen LogP contribution in [0.1, 0.15) is 34.5 Å². The first-order chi connectivity index (χ1) is 17.1. The van der Waals surface area contributed by atoms with E-state index in [2.05, 4.69) is 30.5 Å². The summed E-state index contributed by atoms with van der Waals surface area (Å²) in [5, 5.41) is 5.74. The molecule has 0 radical (unpaired) electrons. The molecule has 7 nitrogen and oxygen atoms in total. The second-order valence-corrected chi connectivity index (χ2v) is 8.56. The molecular weight excluding hydrogens is 483 g/mol. The Labute approximate surface area is 203 Å². The van der Waals surface area contributed by atoms with Crippen molar-refractivity contribution in [2.75, 3.05) is 25.5 Å². The summed E-state index contributed by atoms with van der Waals surface area (Å²) >= 11 is 0. The normalized spacial score (nSPS) is 15.1. The Hall–Kier alpha value is -3.67. The van der Waals surface area contributed by atoms with Crippen LogP contribution >= 0.6 is 0 Å². The van der Waals surface area contributed by atoms with Crippen molar-refractivity contribution < 1.29 is 26.7 Å². The quantitative estimate of drug-likeness (QED) is 0.486. The second kappa shape index (κ2) is 10.5. The fraction of sp³-hybridized carbons (Fsp3) is 0.333. The first-order valence-corrected chi connectivity index (χ1v) is 11.2. The minimum atomic E-state index is -4.63. The smallest absolute Gasteiger partial charge is 0.366 e. The fourth-order valence-electron chi connectivity index (χ4n) is 3.76. The average Bonchev–Trinajstić information content (AvgIpc) is 2.84. The highest BCUT2D eigenvalue weighted by atomic mass is 19.4. The fourth-order valence-corrected chi connectivity index (χ4v) is 3.76. The molecule has 0 bridgehead atoms. The average molecular weight is 506 g/mol. The lowest BCUT2D eigenvalue weighted by Gasteiger charge is -2.29. The van der Waals surface area contributed by atoms with Crippen molar-refractivity contribution in [3.63, 3.8) is 0 Å². The van der Waals surface area contributed by atoms with Crippen LogP contribution in [0.2, 0.25) is 0 Å². The van der Waals surface area contributed by atoms with E-state index in [9.17, 15) is 26.7 Å². The van der Waals surface area contributed by atoms with Crippen molar-refractivity contribution in [3.8, 4) is 11.4 Å². The van der Waals surface area contributed by atoms with E-state index in [1.54, 1.807) is 0 Å². The minimum absolute atomic E-state index is 0.0465. The standard InChI is InChI=1S/C24H23F5N6O/c1-35-6-4-18(5-7-35)32-23(36)20-10-21(31-12-14-2-3-17(25)9-19(14)26)34-22(33-20)15-8-16(13-30-11-15)24(27,28)29/h2-3,8-11,13,18H,4-7,12H2,1H3,(H,32,36)(H,31,33,34). The lowest BCUT2D eigenvalue weighted by Crippen LogP contribution is -2.43. The Morgan fingerprint density at radius 3 is 2.53 bits per heavy atom. The number of nitrogens with zero attached hydrogens (tertiary/aromatic N) is 4. The van der Waals surface area contributed by atoms with Gasteiger partial charge in [-0.1, -0.05) is 6.07 Å². The molecule has 0 aliphatic carbocycles. The van der Waals surface area contributed by atoms with E-state index < -0.39 is 29.3 Å². The number of hydrogen-bond acceptors (Lipinski definition) is 6. The van der Waals surface area contributed by atoms with Gasteiger partial charge in [-0.15, -0.1) is 0 Å². The van der Waals surface area contributed by atoms with E-state index in [0.717, 1.165) is 50.3 Å². The zero-order valence-corrected chi connectivity index (χ0v) is 19.2. The molecule has 12 heteroatoms. The number of pyridine rings is 1. The lowest BCUT2D eigenvalue weighted by atomic mass is 10.1. The van der Waals surface area contributed by atoms with E-state index in [1.165, 1.54) is 12.1 Å². The Morgan fingerprint density at radius 1 is 1.08 bits per heavy atom. The molecule has 3 heterocycles. The van der Waals surface area contributed by atoms with Gasteiger partial charge >= 0.3 is 6.18 Å². The Morgan fingerprint density at radius 2 is 1.83 bits per heavy atom. The van der Waals surface area contributed by atoms with Crippen LogP contribution in [-0.2, 0) is 12.7 Å². The summed E-state index contributed by atoms with van der Waals surface area (Å²) in [7, 11) is 1.99. The van der Waals surface area contributed by atoms with Crippen molar-refractivity contribution >= 4 is 11.7 Å². The third-order valence-electron chi connectivity index (χ3n) is 5.81. The number of carbonyl (C=O) groups is 1. The van der Waals surface area contributed by atoms with Gasteiger partial charge in [0.25, 0.3) is 5.91 Å². The number of likely N-dealkylation sites (tertiary alicyclic amines) is 1. The molecule has 0 saturated carbocycles. The van der Waals surface area contributed by atoms with Crippen LogP contribution in [0.15, 0.2) is 42.7 Å². The molecular formula is C24H23F5N6O. The van der Waals surface area contributed by atoms with Gasteiger partial charge in [0, 0.05) is 48.2 Å². The van der Waals surface area contributed by atoms with E-state index in [-0.39, 0.29) is 41.0 Å². The first-order valence-electron chi connectivity index (χ1n) is 11.2. The molecule has 36 heavy (non-hydrogen) atoms. The molecule has 190 valence electrons. The predicted octanol–water partition coefficient (Wildman–Crippen LogP) is 4.27. The molecule has 1 amide bonds. The van der Waals surface area contributed by atoms with Crippen LogP contribution in [0.3, 0.4) is 0 Å². The van der Waals surface area contributed by atoms with Crippen molar-refractivity contribution in [1.29, 1.82) is 0 Å². The Bertz CT molecular complexity index is 1240. The Balaban J connectivity index is 1.64. The summed E-state index contributed by atoms with van der Waals surface area (Å²) in [6.45, 7) is 1.51. The van der Waals surface area contributed by atoms with Gasteiger partial charge in [-0.3, -0.25) is 9.78 Å². The van der Waals surface area contributed by atoms with Crippen LogP contribution in [0, 0.1) is 11.6 Å². The van der Waals surface area contributed by atoms with Gasteiger partial charge in [0.2, 0.25) is 0 Å². The number of piperidine rings is 1. The molecule has 4 rings (SSSR count). The number of benzene rings is 1. The summed E-state index contributed by atoms with van der Waals surface area (Å²) in [5.41, 5.74) is -0.976. The SMILES string of the molecule is CN1CCC(NC(=O)c2cc(NCc3ccc(F)cc3F)nc(-c3cncc(C(F)(F)F)c3)n2)CC1. The van der Waals surface area contributed by atoms with Gasteiger partial charge in [0.15, 0.2) is 5.82 Å². The summed E-state index contributed by atoms with van der Waals surface area (Å²) in [6, 6.07) is 5.18. The maximum Gasteiger partial charge on any atom is 0.417 e. The molecule has 2 N–H and O–H groups in total. The van der Waals surface area contributed by atoms with Gasteiger partial charge < -0.3 is 15.5 Å². The number of carbonyl (C=O) groups excluding carboxylic acids is 1. The van der Waals surface area contributed by atoms with Crippen LogP contribution in [0.5, 0.6) is 0 Å². The first kappa shape index (κ1) is 25.4. The monoisotopic (exact) mass is 506 g/mol.